The molecule has 0 aliphatic carbocycles. The smallest absolute Gasteiger partial charge is 0.209 e. The molecule has 0 N–H and O–H groups in total. The molecule has 1 aliphatic heterocycles. The van der Waals surface area contributed by atoms with Gasteiger partial charge >= 0.3 is 0 Å². The highest BCUT2D eigenvalue weighted by atomic mass is 32.1. The van der Waals surface area contributed by atoms with E-state index in [1.54, 1.807) is 11.3 Å². The highest BCUT2D eigenvalue weighted by Crippen LogP contribution is 2.29. The topological polar surface area (TPSA) is 29.3 Å². The van der Waals surface area contributed by atoms with Crippen molar-refractivity contribution in [2.24, 2.45) is 0 Å². The zero-order valence-corrected chi connectivity index (χ0v) is 14.5. The van der Waals surface area contributed by atoms with Crippen LogP contribution < -0.4 is 0 Å². The summed E-state index contributed by atoms with van der Waals surface area (Å²) in [7, 11) is 0. The van der Waals surface area contributed by atoms with Crippen LogP contribution in [0.5, 0.6) is 0 Å². The summed E-state index contributed by atoms with van der Waals surface area (Å²) >= 11 is 1.69. The molecule has 1 aromatic carbocycles. The average molecular weight is 338 g/mol. The predicted molar refractivity (Wildman–Crippen MR) is 98.1 cm³/mol. The maximum Gasteiger partial charge on any atom is 0.209 e. The molecule has 3 nitrogen and oxygen atoms in total. The van der Waals surface area contributed by atoms with E-state index in [9.17, 15) is 0 Å². The minimum Gasteiger partial charge on any atom is -0.438 e. The Labute approximate surface area is 147 Å². The van der Waals surface area contributed by atoms with Crippen LogP contribution in [0.4, 0.5) is 0 Å². The molecule has 0 saturated carbocycles. The summed E-state index contributed by atoms with van der Waals surface area (Å²) in [5.74, 6) is 2.40. The Bertz CT molecular complexity index is 751. The average Bonchev–Trinajstić information content (AvgIpc) is 3.25. The quantitative estimate of drug-likeness (QED) is 0.657. The summed E-state index contributed by atoms with van der Waals surface area (Å²) in [4.78, 5) is 8.10. The van der Waals surface area contributed by atoms with Gasteiger partial charge in [-0.15, -0.1) is 11.3 Å². The van der Waals surface area contributed by atoms with Gasteiger partial charge in [-0.05, 0) is 55.3 Å². The summed E-state index contributed by atoms with van der Waals surface area (Å²) in [6, 6.07) is 15.0. The van der Waals surface area contributed by atoms with Crippen molar-refractivity contribution >= 4 is 11.3 Å². The van der Waals surface area contributed by atoms with Gasteiger partial charge < -0.3 is 4.42 Å². The van der Waals surface area contributed by atoms with Gasteiger partial charge in [-0.3, -0.25) is 4.90 Å². The van der Waals surface area contributed by atoms with Crippen LogP contribution in [0.2, 0.25) is 0 Å². The highest BCUT2D eigenvalue weighted by Gasteiger charge is 2.19. The first kappa shape index (κ1) is 15.6. The number of oxazole rings is 1. The van der Waals surface area contributed by atoms with Crippen molar-refractivity contribution in [1.29, 1.82) is 0 Å². The van der Waals surface area contributed by atoms with Crippen LogP contribution in [0.25, 0.3) is 10.6 Å². The van der Waals surface area contributed by atoms with Crippen LogP contribution in [-0.2, 0) is 6.54 Å². The first-order valence-corrected chi connectivity index (χ1v) is 9.52. The molecule has 24 heavy (non-hydrogen) atoms. The van der Waals surface area contributed by atoms with E-state index in [0.29, 0.717) is 5.92 Å². The Morgan fingerprint density at radius 2 is 2.00 bits per heavy atom. The molecule has 3 aromatic rings. The second kappa shape index (κ2) is 7.32. The summed E-state index contributed by atoms with van der Waals surface area (Å²) in [6.45, 7) is 3.04. The van der Waals surface area contributed by atoms with Crippen molar-refractivity contribution in [3.63, 3.8) is 0 Å². The van der Waals surface area contributed by atoms with Crippen molar-refractivity contribution in [3.05, 3.63) is 65.5 Å². The van der Waals surface area contributed by atoms with E-state index in [4.69, 9.17) is 4.42 Å². The van der Waals surface area contributed by atoms with Crippen LogP contribution in [0.3, 0.4) is 0 Å². The molecule has 4 rings (SSSR count). The molecule has 0 radical (unpaired) electrons. The number of rotatable bonds is 4. The molecule has 0 spiro atoms. The Morgan fingerprint density at radius 3 is 2.83 bits per heavy atom. The molecule has 1 atom stereocenters. The molecule has 0 bridgehead atoms. The lowest BCUT2D eigenvalue weighted by Gasteiger charge is -2.18. The van der Waals surface area contributed by atoms with E-state index in [1.165, 1.54) is 24.8 Å². The van der Waals surface area contributed by atoms with Gasteiger partial charge in [-0.1, -0.05) is 36.4 Å². The zero-order chi connectivity index (χ0) is 16.2. The van der Waals surface area contributed by atoms with Gasteiger partial charge in [0, 0.05) is 0 Å². The van der Waals surface area contributed by atoms with Crippen LogP contribution in [0.15, 0.2) is 58.5 Å². The van der Waals surface area contributed by atoms with Gasteiger partial charge in [0.25, 0.3) is 0 Å². The van der Waals surface area contributed by atoms with E-state index >= 15 is 0 Å². The number of hydrogen-bond donors (Lipinski definition) is 0. The third-order valence-electron chi connectivity index (χ3n) is 4.77. The number of hydrogen-bond acceptors (Lipinski definition) is 4. The molecule has 4 heteroatoms. The van der Waals surface area contributed by atoms with Gasteiger partial charge in [0.15, 0.2) is 5.76 Å². The van der Waals surface area contributed by atoms with Gasteiger partial charge in [0.1, 0.15) is 0 Å². The first-order chi connectivity index (χ1) is 11.9. The standard InChI is InChI=1S/C20H22N2OS/c1-2-6-16(7-3-1)17-8-4-11-22(12-10-17)15-20-21-14-18(23-20)19-9-5-13-24-19/h1-3,5-7,9,13-14,17H,4,8,10-12,15H2. The lowest BCUT2D eigenvalue weighted by molar-refractivity contribution is 0.248. The second-order valence-corrected chi connectivity index (χ2v) is 7.36. The molecular formula is C20H22N2OS. The Kier molecular flexibility index (Phi) is 4.76. The fourth-order valence-electron chi connectivity index (χ4n) is 3.48. The third kappa shape index (κ3) is 3.60. The highest BCUT2D eigenvalue weighted by molar-refractivity contribution is 7.13. The van der Waals surface area contributed by atoms with Crippen molar-refractivity contribution in [1.82, 2.24) is 9.88 Å². The molecule has 1 unspecified atom stereocenters. The molecule has 2 aromatic heterocycles. The normalized spacial score (nSPS) is 19.2. The second-order valence-electron chi connectivity index (χ2n) is 6.41. The summed E-state index contributed by atoms with van der Waals surface area (Å²) in [6.07, 6.45) is 5.57. The van der Waals surface area contributed by atoms with E-state index in [2.05, 4.69) is 51.7 Å². The van der Waals surface area contributed by atoms with Crippen molar-refractivity contribution in [2.75, 3.05) is 13.1 Å². The summed E-state index contributed by atoms with van der Waals surface area (Å²) in [5.41, 5.74) is 1.48. The Balaban J connectivity index is 1.38. The van der Waals surface area contributed by atoms with E-state index < -0.39 is 0 Å². The first-order valence-electron chi connectivity index (χ1n) is 8.64. The van der Waals surface area contributed by atoms with Gasteiger partial charge in [-0.2, -0.15) is 0 Å². The number of likely N-dealkylation sites (tertiary alicyclic amines) is 1. The molecule has 1 saturated heterocycles. The van der Waals surface area contributed by atoms with Gasteiger partial charge in [0.2, 0.25) is 5.89 Å². The van der Waals surface area contributed by atoms with Crippen LogP contribution in [0, 0.1) is 0 Å². The Morgan fingerprint density at radius 1 is 1.08 bits per heavy atom. The maximum absolute atomic E-state index is 5.94. The number of nitrogens with zero attached hydrogens (tertiary/aromatic N) is 2. The molecule has 0 amide bonds. The summed E-state index contributed by atoms with van der Waals surface area (Å²) in [5, 5.41) is 2.07. The van der Waals surface area contributed by atoms with Crippen LogP contribution >= 0.6 is 11.3 Å². The van der Waals surface area contributed by atoms with Gasteiger partial charge in [-0.25, -0.2) is 4.98 Å². The van der Waals surface area contributed by atoms with Crippen LogP contribution in [0.1, 0.15) is 36.6 Å². The fraction of sp³-hybridized carbons (Fsp3) is 0.350. The molecule has 3 heterocycles. The minimum atomic E-state index is 0.683. The van der Waals surface area contributed by atoms with Gasteiger partial charge in [0.05, 0.1) is 17.6 Å². The molecular weight excluding hydrogens is 316 g/mol. The number of thiophene rings is 1. The number of aromatic nitrogens is 1. The Hall–Kier alpha value is -1.91. The van der Waals surface area contributed by atoms with Crippen LogP contribution in [-0.4, -0.2) is 23.0 Å². The lowest BCUT2D eigenvalue weighted by atomic mass is 9.92. The minimum absolute atomic E-state index is 0.683. The largest absolute Gasteiger partial charge is 0.438 e. The fourth-order valence-corrected chi connectivity index (χ4v) is 4.15. The number of benzene rings is 1. The third-order valence-corrected chi connectivity index (χ3v) is 5.65. The molecule has 1 aliphatic rings. The van der Waals surface area contributed by atoms with Crippen molar-refractivity contribution in [3.8, 4) is 10.6 Å². The zero-order valence-electron chi connectivity index (χ0n) is 13.7. The molecule has 124 valence electrons. The maximum atomic E-state index is 5.94. The van der Waals surface area contributed by atoms with Crippen molar-refractivity contribution < 1.29 is 4.42 Å². The lowest BCUT2D eigenvalue weighted by Crippen LogP contribution is -2.24. The predicted octanol–water partition coefficient (Wildman–Crippen LogP) is 5.17. The van der Waals surface area contributed by atoms with E-state index in [-0.39, 0.29) is 0 Å². The molecule has 1 fully saturated rings. The van der Waals surface area contributed by atoms with Crippen molar-refractivity contribution in [2.45, 2.75) is 31.7 Å². The van der Waals surface area contributed by atoms with E-state index in [1.807, 2.05) is 12.3 Å². The van der Waals surface area contributed by atoms with E-state index in [0.717, 1.165) is 36.2 Å². The summed E-state index contributed by atoms with van der Waals surface area (Å²) < 4.78 is 5.94. The monoisotopic (exact) mass is 338 g/mol. The SMILES string of the molecule is c1ccc(C2CCCN(Cc3ncc(-c4cccs4)o3)CC2)cc1.